The van der Waals surface area contributed by atoms with Crippen molar-refractivity contribution in [3.63, 3.8) is 0 Å². The Bertz CT molecular complexity index is 677. The number of rotatable bonds is 7. The van der Waals surface area contributed by atoms with Gasteiger partial charge in [-0.2, -0.15) is 0 Å². The Labute approximate surface area is 156 Å². The van der Waals surface area contributed by atoms with Crippen LogP contribution in [0.3, 0.4) is 0 Å². The summed E-state index contributed by atoms with van der Waals surface area (Å²) in [5.74, 6) is 0.826. The second kappa shape index (κ2) is 9.32. The molecule has 138 valence electrons. The van der Waals surface area contributed by atoms with Crippen molar-refractivity contribution in [1.29, 1.82) is 0 Å². The number of hydrogen-bond donors (Lipinski definition) is 0. The standard InChI is InChI=1S/C21H28N4O/c1-24(16-11-19-6-2-3-12-23-19)21(26)8-7-18-5-4-15-25(17-18)20-9-13-22-14-10-20/h2-3,6,9-10,12-14,18H,4-5,7-8,11,15-17H2,1H3/t18-/m1/s1. The first kappa shape index (κ1) is 18.4. The number of hydrogen-bond acceptors (Lipinski definition) is 4. The van der Waals surface area contributed by atoms with E-state index in [0.717, 1.165) is 38.2 Å². The summed E-state index contributed by atoms with van der Waals surface area (Å²) >= 11 is 0. The summed E-state index contributed by atoms with van der Waals surface area (Å²) in [5, 5.41) is 0. The zero-order valence-corrected chi connectivity index (χ0v) is 15.6. The van der Waals surface area contributed by atoms with Gasteiger partial charge in [-0.3, -0.25) is 14.8 Å². The first-order valence-corrected chi connectivity index (χ1v) is 9.51. The van der Waals surface area contributed by atoms with Crippen LogP contribution in [0.4, 0.5) is 5.69 Å². The Balaban J connectivity index is 1.42. The van der Waals surface area contributed by atoms with E-state index in [4.69, 9.17) is 0 Å². The summed E-state index contributed by atoms with van der Waals surface area (Å²) < 4.78 is 0. The number of aromatic nitrogens is 2. The number of nitrogens with zero attached hydrogens (tertiary/aromatic N) is 4. The lowest BCUT2D eigenvalue weighted by atomic mass is 9.93. The smallest absolute Gasteiger partial charge is 0.222 e. The third kappa shape index (κ3) is 5.28. The SMILES string of the molecule is CN(CCc1ccccn1)C(=O)CC[C@H]1CCCN(c2ccncc2)C1. The summed E-state index contributed by atoms with van der Waals surface area (Å²) in [6, 6.07) is 10.0. The minimum Gasteiger partial charge on any atom is -0.371 e. The van der Waals surface area contributed by atoms with E-state index in [9.17, 15) is 4.79 Å². The highest BCUT2D eigenvalue weighted by atomic mass is 16.2. The number of pyridine rings is 2. The Morgan fingerprint density at radius 3 is 2.85 bits per heavy atom. The molecule has 5 nitrogen and oxygen atoms in total. The Morgan fingerprint density at radius 2 is 2.08 bits per heavy atom. The van der Waals surface area contributed by atoms with Crippen LogP contribution in [-0.2, 0) is 11.2 Å². The molecule has 1 fully saturated rings. The van der Waals surface area contributed by atoms with Crippen LogP contribution in [-0.4, -0.2) is 47.5 Å². The van der Waals surface area contributed by atoms with Gasteiger partial charge in [0.25, 0.3) is 0 Å². The van der Waals surface area contributed by atoms with Crippen LogP contribution in [0.2, 0.25) is 0 Å². The molecule has 0 radical (unpaired) electrons. The normalized spacial score (nSPS) is 17.1. The second-order valence-electron chi connectivity index (χ2n) is 7.08. The van der Waals surface area contributed by atoms with Crippen molar-refractivity contribution in [1.82, 2.24) is 14.9 Å². The van der Waals surface area contributed by atoms with E-state index in [-0.39, 0.29) is 5.91 Å². The number of piperidine rings is 1. The highest BCUT2D eigenvalue weighted by Crippen LogP contribution is 2.25. The maximum Gasteiger partial charge on any atom is 0.222 e. The lowest BCUT2D eigenvalue weighted by Crippen LogP contribution is -2.36. The molecule has 1 atom stereocenters. The first-order chi connectivity index (χ1) is 12.7. The molecule has 0 aromatic carbocycles. The lowest BCUT2D eigenvalue weighted by molar-refractivity contribution is -0.130. The highest BCUT2D eigenvalue weighted by Gasteiger charge is 2.21. The van der Waals surface area contributed by atoms with E-state index in [1.807, 2.05) is 42.5 Å². The Hall–Kier alpha value is -2.43. The molecule has 5 heteroatoms. The van der Waals surface area contributed by atoms with Gasteiger partial charge < -0.3 is 9.80 Å². The third-order valence-electron chi connectivity index (χ3n) is 5.17. The molecule has 0 saturated carbocycles. The van der Waals surface area contributed by atoms with Gasteiger partial charge >= 0.3 is 0 Å². The van der Waals surface area contributed by atoms with E-state index >= 15 is 0 Å². The average Bonchev–Trinajstić information content (AvgIpc) is 2.72. The van der Waals surface area contributed by atoms with Crippen molar-refractivity contribution < 1.29 is 4.79 Å². The van der Waals surface area contributed by atoms with Crippen molar-refractivity contribution in [2.75, 3.05) is 31.6 Å². The molecule has 2 aromatic rings. The molecule has 1 aliphatic heterocycles. The summed E-state index contributed by atoms with van der Waals surface area (Å²) in [6.45, 7) is 2.86. The molecule has 1 amide bonds. The van der Waals surface area contributed by atoms with Crippen LogP contribution in [0.15, 0.2) is 48.9 Å². The molecule has 26 heavy (non-hydrogen) atoms. The minimum atomic E-state index is 0.238. The number of likely N-dealkylation sites (N-methyl/N-ethyl adjacent to an activating group) is 1. The lowest BCUT2D eigenvalue weighted by Gasteiger charge is -2.34. The monoisotopic (exact) mass is 352 g/mol. The van der Waals surface area contributed by atoms with Gasteiger partial charge in [0.2, 0.25) is 5.91 Å². The van der Waals surface area contributed by atoms with Crippen LogP contribution in [0.5, 0.6) is 0 Å². The molecule has 1 aliphatic rings. The molecule has 0 aliphatic carbocycles. The van der Waals surface area contributed by atoms with Crippen molar-refractivity contribution in [3.05, 3.63) is 54.6 Å². The van der Waals surface area contributed by atoms with Crippen LogP contribution >= 0.6 is 0 Å². The quantitative estimate of drug-likeness (QED) is 0.768. The van der Waals surface area contributed by atoms with E-state index < -0.39 is 0 Å². The fourth-order valence-corrected chi connectivity index (χ4v) is 3.56. The van der Waals surface area contributed by atoms with Gasteiger partial charge in [0.05, 0.1) is 0 Å². The molecule has 3 rings (SSSR count). The molecule has 2 aromatic heterocycles. The van der Waals surface area contributed by atoms with Gasteiger partial charge in [-0.1, -0.05) is 6.07 Å². The maximum atomic E-state index is 12.4. The number of amides is 1. The van der Waals surface area contributed by atoms with Crippen molar-refractivity contribution >= 4 is 11.6 Å². The zero-order valence-electron chi connectivity index (χ0n) is 15.6. The highest BCUT2D eigenvalue weighted by molar-refractivity contribution is 5.75. The van der Waals surface area contributed by atoms with Gasteiger partial charge in [-0.25, -0.2) is 0 Å². The summed E-state index contributed by atoms with van der Waals surface area (Å²) in [4.78, 5) is 25.1. The van der Waals surface area contributed by atoms with E-state index in [1.54, 1.807) is 6.20 Å². The molecule has 0 unspecified atom stereocenters. The summed E-state index contributed by atoms with van der Waals surface area (Å²) in [7, 11) is 1.90. The molecule has 3 heterocycles. The molecule has 0 spiro atoms. The number of carbonyl (C=O) groups excluding carboxylic acids is 1. The Kier molecular flexibility index (Phi) is 6.58. The topological polar surface area (TPSA) is 49.3 Å². The van der Waals surface area contributed by atoms with E-state index in [1.165, 1.54) is 18.5 Å². The van der Waals surface area contributed by atoms with E-state index in [2.05, 4.69) is 27.0 Å². The summed E-state index contributed by atoms with van der Waals surface area (Å²) in [6.07, 6.45) is 10.3. The molecule has 1 saturated heterocycles. The number of carbonyl (C=O) groups is 1. The van der Waals surface area contributed by atoms with Gasteiger partial charge in [0.1, 0.15) is 0 Å². The van der Waals surface area contributed by atoms with Gasteiger partial charge in [-0.15, -0.1) is 0 Å². The minimum absolute atomic E-state index is 0.238. The zero-order chi connectivity index (χ0) is 18.2. The van der Waals surface area contributed by atoms with Crippen LogP contribution < -0.4 is 4.90 Å². The molecular formula is C21H28N4O. The Morgan fingerprint density at radius 1 is 1.23 bits per heavy atom. The average molecular weight is 352 g/mol. The second-order valence-corrected chi connectivity index (χ2v) is 7.08. The van der Waals surface area contributed by atoms with Gasteiger partial charge in [0.15, 0.2) is 0 Å². The van der Waals surface area contributed by atoms with Crippen molar-refractivity contribution in [3.8, 4) is 0 Å². The number of anilines is 1. The fourth-order valence-electron chi connectivity index (χ4n) is 3.56. The molecule has 0 bridgehead atoms. The largest absolute Gasteiger partial charge is 0.371 e. The summed E-state index contributed by atoms with van der Waals surface area (Å²) in [5.41, 5.74) is 2.27. The van der Waals surface area contributed by atoms with Crippen molar-refractivity contribution in [2.24, 2.45) is 5.92 Å². The van der Waals surface area contributed by atoms with Crippen LogP contribution in [0.1, 0.15) is 31.4 Å². The molecule has 0 N–H and O–H groups in total. The van der Waals surface area contributed by atoms with E-state index in [0.29, 0.717) is 12.3 Å². The van der Waals surface area contributed by atoms with Gasteiger partial charge in [-0.05, 0) is 49.4 Å². The maximum absolute atomic E-state index is 12.4. The predicted octanol–water partition coefficient (Wildman–Crippen LogP) is 3.17. The van der Waals surface area contributed by atoms with Crippen LogP contribution in [0.25, 0.3) is 0 Å². The van der Waals surface area contributed by atoms with Gasteiger partial charge in [0, 0.05) is 69.5 Å². The van der Waals surface area contributed by atoms with Crippen molar-refractivity contribution in [2.45, 2.75) is 32.1 Å². The third-order valence-corrected chi connectivity index (χ3v) is 5.17. The first-order valence-electron chi connectivity index (χ1n) is 9.51. The fraction of sp³-hybridized carbons (Fsp3) is 0.476. The molecular weight excluding hydrogens is 324 g/mol. The van der Waals surface area contributed by atoms with Crippen LogP contribution in [0, 0.1) is 5.92 Å². The predicted molar refractivity (Wildman–Crippen MR) is 104 cm³/mol.